The lowest BCUT2D eigenvalue weighted by Crippen LogP contribution is -2.61. The van der Waals surface area contributed by atoms with Crippen molar-refractivity contribution < 1.29 is 58.2 Å². The van der Waals surface area contributed by atoms with Crippen molar-refractivity contribution in [2.24, 2.45) is 0 Å². The van der Waals surface area contributed by atoms with Crippen molar-refractivity contribution in [3.05, 3.63) is 48.6 Å². The molecular formula is C57H98O12. The molecule has 0 aliphatic carbocycles. The van der Waals surface area contributed by atoms with Crippen molar-refractivity contribution >= 4 is 23.9 Å². The second-order valence-corrected chi connectivity index (χ2v) is 18.8. The van der Waals surface area contributed by atoms with E-state index in [1.807, 2.05) is 0 Å². The number of esters is 3. The highest BCUT2D eigenvalue weighted by atomic mass is 16.7. The highest BCUT2D eigenvalue weighted by Gasteiger charge is 2.50. The van der Waals surface area contributed by atoms with Crippen LogP contribution in [0.3, 0.4) is 0 Å². The summed E-state index contributed by atoms with van der Waals surface area (Å²) in [5, 5.41) is 31.4. The maximum atomic E-state index is 13.1. The van der Waals surface area contributed by atoms with Crippen LogP contribution < -0.4 is 0 Å². The molecule has 1 aliphatic heterocycles. The summed E-state index contributed by atoms with van der Waals surface area (Å²) in [6.07, 6.45) is 41.0. The van der Waals surface area contributed by atoms with E-state index in [9.17, 15) is 34.5 Å². The van der Waals surface area contributed by atoms with Crippen molar-refractivity contribution in [1.29, 1.82) is 0 Å². The van der Waals surface area contributed by atoms with E-state index in [-0.39, 0.29) is 25.9 Å². The van der Waals surface area contributed by atoms with Crippen LogP contribution in [0.15, 0.2) is 48.6 Å². The van der Waals surface area contributed by atoms with Gasteiger partial charge in [0.05, 0.1) is 6.61 Å². The third kappa shape index (κ3) is 36.3. The van der Waals surface area contributed by atoms with Gasteiger partial charge in [-0.15, -0.1) is 0 Å². The molecule has 6 unspecified atom stereocenters. The van der Waals surface area contributed by atoms with Gasteiger partial charge < -0.3 is 39.0 Å². The molecule has 69 heavy (non-hydrogen) atoms. The van der Waals surface area contributed by atoms with Crippen LogP contribution in [-0.2, 0) is 42.9 Å². The Hall–Kier alpha value is -3.32. The van der Waals surface area contributed by atoms with Gasteiger partial charge >= 0.3 is 23.9 Å². The molecule has 1 heterocycles. The highest BCUT2D eigenvalue weighted by molar-refractivity contribution is 5.74. The van der Waals surface area contributed by atoms with E-state index in [4.69, 9.17) is 23.7 Å². The van der Waals surface area contributed by atoms with E-state index in [1.165, 1.54) is 77.0 Å². The maximum Gasteiger partial charge on any atom is 0.335 e. The fourth-order valence-corrected chi connectivity index (χ4v) is 8.13. The summed E-state index contributed by atoms with van der Waals surface area (Å²) in [6, 6.07) is 0. The first kappa shape index (κ1) is 63.7. The molecule has 6 atom stereocenters. The van der Waals surface area contributed by atoms with Crippen LogP contribution in [-0.4, -0.2) is 89.2 Å². The Morgan fingerprint density at radius 2 is 0.928 bits per heavy atom. The van der Waals surface area contributed by atoms with Gasteiger partial charge in [0.1, 0.15) is 18.8 Å². The highest BCUT2D eigenvalue weighted by Crippen LogP contribution is 2.26. The van der Waals surface area contributed by atoms with E-state index in [0.717, 1.165) is 103 Å². The second kappa shape index (κ2) is 45.8. The Labute approximate surface area is 418 Å². The van der Waals surface area contributed by atoms with Crippen LogP contribution in [0.25, 0.3) is 0 Å². The summed E-state index contributed by atoms with van der Waals surface area (Å²) in [5.41, 5.74) is 0. The summed E-state index contributed by atoms with van der Waals surface area (Å²) < 4.78 is 28.3. The summed E-state index contributed by atoms with van der Waals surface area (Å²) in [6.45, 7) is 5.80. The molecule has 1 aliphatic rings. The van der Waals surface area contributed by atoms with Crippen LogP contribution in [0.2, 0.25) is 0 Å². The Balaban J connectivity index is 2.72. The Bertz CT molecular complexity index is 1390. The smallest absolute Gasteiger partial charge is 0.335 e. The predicted molar refractivity (Wildman–Crippen MR) is 276 cm³/mol. The quantitative estimate of drug-likeness (QED) is 0.0228. The summed E-state index contributed by atoms with van der Waals surface area (Å²) in [4.78, 5) is 50.9. The lowest BCUT2D eigenvalue weighted by atomic mass is 9.98. The number of hydrogen-bond acceptors (Lipinski definition) is 11. The topological polar surface area (TPSA) is 175 Å². The average Bonchev–Trinajstić information content (AvgIpc) is 3.33. The minimum Gasteiger partial charge on any atom is -0.479 e. The first-order valence-corrected chi connectivity index (χ1v) is 27.6. The molecule has 1 rings (SSSR count). The minimum absolute atomic E-state index is 0.0602. The van der Waals surface area contributed by atoms with Gasteiger partial charge in [0.15, 0.2) is 24.6 Å². The molecule has 0 aromatic heterocycles. The lowest BCUT2D eigenvalue weighted by molar-refractivity contribution is -0.301. The number of aliphatic carboxylic acids is 1. The number of carbonyl (C=O) groups excluding carboxylic acids is 3. The zero-order chi connectivity index (χ0) is 50.4. The molecule has 1 saturated heterocycles. The van der Waals surface area contributed by atoms with E-state index in [2.05, 4.69) is 69.4 Å². The second-order valence-electron chi connectivity index (χ2n) is 18.8. The standard InChI is InChI=1S/C57H98O12/c1-4-7-10-13-16-19-22-24-25-27-30-33-36-39-42-45-51(60)68-55-53(62)52(61)54(56(63)64)69-57(55)66-47-48(67-50(59)44-41-38-35-32-28-21-18-15-12-9-6-3)46-65-49(58)43-40-37-34-31-29-26-23-20-17-14-11-8-5-2/h8,11,15,17-18,20,26,29,48,52-55,57,61-62H,4-7,9-10,12-14,16,19,21-25,27-28,30-47H2,1-3H3,(H,63,64)/b11-8-,18-15-,20-17-,29-26-. The zero-order valence-electron chi connectivity index (χ0n) is 43.6. The van der Waals surface area contributed by atoms with Gasteiger partial charge in [-0.25, -0.2) is 4.79 Å². The van der Waals surface area contributed by atoms with Crippen molar-refractivity contribution in [2.75, 3.05) is 13.2 Å². The average molecular weight is 975 g/mol. The van der Waals surface area contributed by atoms with Gasteiger partial charge in [-0.05, 0) is 70.6 Å². The summed E-state index contributed by atoms with van der Waals surface area (Å²) in [7, 11) is 0. The number of aliphatic hydroxyl groups excluding tert-OH is 2. The number of hydrogen-bond donors (Lipinski definition) is 3. The SMILES string of the molecule is CC/C=C\C/C=C\C/C=C\CCCCCC(=O)OCC(COC1OC(C(=O)O)C(O)C(O)C1OC(=O)CCCCCCCCCCCCCCCCC)OC(=O)CCCCCCC/C=C\CCCC. The number of carboxylic acids is 1. The fourth-order valence-electron chi connectivity index (χ4n) is 8.13. The number of ether oxygens (including phenoxy) is 5. The fraction of sp³-hybridized carbons (Fsp3) is 0.789. The molecule has 0 aromatic carbocycles. The molecule has 398 valence electrons. The largest absolute Gasteiger partial charge is 0.479 e. The van der Waals surface area contributed by atoms with Crippen LogP contribution in [0, 0.1) is 0 Å². The van der Waals surface area contributed by atoms with Gasteiger partial charge in [0, 0.05) is 19.3 Å². The van der Waals surface area contributed by atoms with E-state index in [1.54, 1.807) is 0 Å². The Kier molecular flexibility index (Phi) is 42.3. The van der Waals surface area contributed by atoms with Gasteiger partial charge in [-0.2, -0.15) is 0 Å². The van der Waals surface area contributed by atoms with Crippen LogP contribution >= 0.6 is 0 Å². The molecule has 3 N–H and O–H groups in total. The van der Waals surface area contributed by atoms with Gasteiger partial charge in [-0.3, -0.25) is 14.4 Å². The zero-order valence-corrected chi connectivity index (χ0v) is 43.6. The number of aliphatic hydroxyl groups is 2. The predicted octanol–water partition coefficient (Wildman–Crippen LogP) is 13.4. The number of carboxylic acid groups (broad SMARTS) is 1. The Morgan fingerprint density at radius 3 is 1.46 bits per heavy atom. The molecule has 12 heteroatoms. The van der Waals surface area contributed by atoms with E-state index < -0.39 is 67.3 Å². The van der Waals surface area contributed by atoms with Crippen molar-refractivity contribution in [3.63, 3.8) is 0 Å². The molecule has 1 fully saturated rings. The molecule has 0 amide bonds. The van der Waals surface area contributed by atoms with E-state index in [0.29, 0.717) is 19.3 Å². The number of allylic oxidation sites excluding steroid dienone is 8. The summed E-state index contributed by atoms with van der Waals surface area (Å²) >= 11 is 0. The molecule has 0 aromatic rings. The first-order chi connectivity index (χ1) is 33.6. The van der Waals surface area contributed by atoms with Gasteiger partial charge in [-0.1, -0.05) is 198 Å². The number of carbonyl (C=O) groups is 4. The van der Waals surface area contributed by atoms with Crippen LogP contribution in [0.4, 0.5) is 0 Å². The molecule has 0 spiro atoms. The normalized spacial score (nSPS) is 19.0. The van der Waals surface area contributed by atoms with Gasteiger partial charge in [0.25, 0.3) is 0 Å². The third-order valence-corrected chi connectivity index (χ3v) is 12.4. The molecule has 0 saturated carbocycles. The van der Waals surface area contributed by atoms with Crippen molar-refractivity contribution in [1.82, 2.24) is 0 Å². The van der Waals surface area contributed by atoms with E-state index >= 15 is 0 Å². The molecule has 0 radical (unpaired) electrons. The molecule has 0 bridgehead atoms. The van der Waals surface area contributed by atoms with Crippen molar-refractivity contribution in [3.8, 4) is 0 Å². The van der Waals surface area contributed by atoms with Gasteiger partial charge in [0.2, 0.25) is 0 Å². The molecular weight excluding hydrogens is 877 g/mol. The van der Waals surface area contributed by atoms with Crippen LogP contribution in [0.5, 0.6) is 0 Å². The Morgan fingerprint density at radius 1 is 0.493 bits per heavy atom. The lowest BCUT2D eigenvalue weighted by Gasteiger charge is -2.40. The summed E-state index contributed by atoms with van der Waals surface area (Å²) in [5.74, 6) is -3.16. The molecule has 12 nitrogen and oxygen atoms in total. The number of rotatable bonds is 46. The first-order valence-electron chi connectivity index (χ1n) is 27.6. The third-order valence-electron chi connectivity index (χ3n) is 12.4. The van der Waals surface area contributed by atoms with Crippen molar-refractivity contribution in [2.45, 2.75) is 276 Å². The maximum absolute atomic E-state index is 13.1. The monoisotopic (exact) mass is 975 g/mol. The number of unbranched alkanes of at least 4 members (excludes halogenated alkanes) is 24. The minimum atomic E-state index is -1.90. The van der Waals surface area contributed by atoms with Crippen LogP contribution in [0.1, 0.15) is 239 Å².